The van der Waals surface area contributed by atoms with Crippen LogP contribution >= 0.6 is 27.5 Å². The Morgan fingerprint density at radius 3 is 2.69 bits per heavy atom. The van der Waals surface area contributed by atoms with Crippen LogP contribution in [0.3, 0.4) is 0 Å². The molecule has 0 bridgehead atoms. The van der Waals surface area contributed by atoms with Crippen LogP contribution in [0.25, 0.3) is 0 Å². The van der Waals surface area contributed by atoms with E-state index in [9.17, 15) is 9.18 Å². The molecule has 0 heterocycles. The lowest BCUT2D eigenvalue weighted by Crippen LogP contribution is -1.96. The van der Waals surface area contributed by atoms with Gasteiger partial charge in [-0.25, -0.2) is 4.39 Å². The fraction of sp³-hybridized carbons (Fsp3) is 0.125. The largest absolute Gasteiger partial charge is 0.496 e. The quantitative estimate of drug-likeness (QED) is 0.770. The Bertz CT molecular complexity index is 354. The lowest BCUT2D eigenvalue weighted by atomic mass is 10.2. The Balaban J connectivity index is 3.30. The van der Waals surface area contributed by atoms with Gasteiger partial charge < -0.3 is 4.74 Å². The van der Waals surface area contributed by atoms with Gasteiger partial charge in [0.25, 0.3) is 5.24 Å². The molecule has 1 rings (SSSR count). The molecule has 0 atom stereocenters. The molecule has 0 saturated heterocycles. The van der Waals surface area contributed by atoms with Crippen LogP contribution in [0.2, 0.25) is 0 Å². The standard InChI is InChI=1S/C8H5BrClFO2/c1-13-7-2-4(8(10)12)6(11)3-5(7)9/h2-3H,1H3. The molecule has 0 spiro atoms. The van der Waals surface area contributed by atoms with Gasteiger partial charge in [-0.05, 0) is 39.7 Å². The summed E-state index contributed by atoms with van der Waals surface area (Å²) in [4.78, 5) is 10.7. The maximum atomic E-state index is 13.0. The predicted octanol–water partition coefficient (Wildman–Crippen LogP) is 2.98. The van der Waals surface area contributed by atoms with E-state index in [-0.39, 0.29) is 5.56 Å². The summed E-state index contributed by atoms with van der Waals surface area (Å²) in [5.41, 5.74) is -0.193. The average molecular weight is 267 g/mol. The molecule has 1 aromatic rings. The van der Waals surface area contributed by atoms with Crippen molar-refractivity contribution >= 4 is 32.8 Å². The minimum Gasteiger partial charge on any atom is -0.496 e. The monoisotopic (exact) mass is 266 g/mol. The van der Waals surface area contributed by atoms with Crippen LogP contribution in [0.4, 0.5) is 4.39 Å². The molecule has 0 radical (unpaired) electrons. The highest BCUT2D eigenvalue weighted by Crippen LogP contribution is 2.28. The van der Waals surface area contributed by atoms with E-state index < -0.39 is 11.1 Å². The second kappa shape index (κ2) is 4.07. The molecule has 0 aliphatic heterocycles. The fourth-order valence-electron chi connectivity index (χ4n) is 0.836. The van der Waals surface area contributed by atoms with Crippen LogP contribution in [0, 0.1) is 5.82 Å². The van der Waals surface area contributed by atoms with Gasteiger partial charge in [-0.2, -0.15) is 0 Å². The number of methoxy groups -OCH3 is 1. The number of ether oxygens (including phenoxy) is 1. The smallest absolute Gasteiger partial charge is 0.255 e. The van der Waals surface area contributed by atoms with Gasteiger partial charge in [0, 0.05) is 0 Å². The first-order valence-electron chi connectivity index (χ1n) is 3.29. The summed E-state index contributed by atoms with van der Waals surface area (Å²) >= 11 is 8.21. The summed E-state index contributed by atoms with van der Waals surface area (Å²) in [7, 11) is 1.42. The third-order valence-electron chi connectivity index (χ3n) is 1.45. The number of carbonyl (C=O) groups excluding carboxylic acids is 1. The van der Waals surface area contributed by atoms with Gasteiger partial charge in [0.05, 0.1) is 17.1 Å². The number of hydrogen-bond acceptors (Lipinski definition) is 2. The van der Waals surface area contributed by atoms with Crippen molar-refractivity contribution in [2.24, 2.45) is 0 Å². The zero-order valence-electron chi connectivity index (χ0n) is 6.61. The number of rotatable bonds is 2. The summed E-state index contributed by atoms with van der Waals surface area (Å²) in [6.45, 7) is 0. The molecule has 0 fully saturated rings. The van der Waals surface area contributed by atoms with Crippen molar-refractivity contribution < 1.29 is 13.9 Å². The Kier molecular flexibility index (Phi) is 3.27. The van der Waals surface area contributed by atoms with E-state index in [0.29, 0.717) is 10.2 Å². The van der Waals surface area contributed by atoms with Crippen LogP contribution in [0.15, 0.2) is 16.6 Å². The molecule has 13 heavy (non-hydrogen) atoms. The van der Waals surface area contributed by atoms with Crippen LogP contribution in [0.1, 0.15) is 10.4 Å². The molecule has 70 valence electrons. The van der Waals surface area contributed by atoms with Gasteiger partial charge in [-0.3, -0.25) is 4.79 Å². The number of hydrogen-bond donors (Lipinski definition) is 0. The molecule has 0 unspecified atom stereocenters. The van der Waals surface area contributed by atoms with Gasteiger partial charge in [0.1, 0.15) is 11.6 Å². The number of carbonyl (C=O) groups is 1. The highest BCUT2D eigenvalue weighted by Gasteiger charge is 2.13. The van der Waals surface area contributed by atoms with Crippen molar-refractivity contribution in [3.63, 3.8) is 0 Å². The Labute approximate surface area is 87.8 Å². The van der Waals surface area contributed by atoms with E-state index in [2.05, 4.69) is 15.9 Å². The SMILES string of the molecule is COc1cc(C(=O)Cl)c(F)cc1Br. The molecule has 0 aliphatic carbocycles. The number of halogens is 3. The lowest BCUT2D eigenvalue weighted by Gasteiger charge is -2.04. The minimum atomic E-state index is -0.844. The van der Waals surface area contributed by atoms with Crippen LogP contribution < -0.4 is 4.74 Å². The third-order valence-corrected chi connectivity index (χ3v) is 2.28. The highest BCUT2D eigenvalue weighted by molar-refractivity contribution is 9.10. The van der Waals surface area contributed by atoms with E-state index in [1.165, 1.54) is 13.2 Å². The molecule has 0 amide bonds. The molecule has 2 nitrogen and oxygen atoms in total. The summed E-state index contributed by atoms with van der Waals surface area (Å²) in [5.74, 6) is -0.307. The van der Waals surface area contributed by atoms with Gasteiger partial charge in [-0.1, -0.05) is 0 Å². The van der Waals surface area contributed by atoms with Crippen LogP contribution in [0.5, 0.6) is 5.75 Å². The third kappa shape index (κ3) is 2.19. The molecular weight excluding hydrogens is 262 g/mol. The van der Waals surface area contributed by atoms with Crippen LogP contribution in [-0.4, -0.2) is 12.4 Å². The van der Waals surface area contributed by atoms with E-state index in [0.717, 1.165) is 6.07 Å². The summed E-state index contributed by atoms with van der Waals surface area (Å²) in [6, 6.07) is 2.38. The summed E-state index contributed by atoms with van der Waals surface area (Å²) < 4.78 is 18.3. The predicted molar refractivity (Wildman–Crippen MR) is 50.8 cm³/mol. The summed E-state index contributed by atoms with van der Waals surface area (Å²) in [6.07, 6.45) is 0. The zero-order chi connectivity index (χ0) is 10.0. The van der Waals surface area contributed by atoms with Gasteiger partial charge in [0.15, 0.2) is 0 Å². The van der Waals surface area contributed by atoms with Crippen molar-refractivity contribution in [2.75, 3.05) is 7.11 Å². The minimum absolute atomic E-state index is 0.193. The van der Waals surface area contributed by atoms with Crippen molar-refractivity contribution in [3.8, 4) is 5.75 Å². The van der Waals surface area contributed by atoms with Gasteiger partial charge >= 0.3 is 0 Å². The first-order chi connectivity index (χ1) is 6.06. The molecule has 0 aromatic heterocycles. The second-order valence-electron chi connectivity index (χ2n) is 2.24. The number of benzene rings is 1. The second-order valence-corrected chi connectivity index (χ2v) is 3.44. The molecule has 5 heteroatoms. The van der Waals surface area contributed by atoms with Gasteiger partial charge in [0.2, 0.25) is 0 Å². The molecule has 0 N–H and O–H groups in total. The van der Waals surface area contributed by atoms with E-state index in [4.69, 9.17) is 16.3 Å². The van der Waals surface area contributed by atoms with Crippen molar-refractivity contribution in [1.82, 2.24) is 0 Å². The first-order valence-corrected chi connectivity index (χ1v) is 4.46. The maximum Gasteiger partial charge on any atom is 0.255 e. The Morgan fingerprint density at radius 2 is 2.23 bits per heavy atom. The normalized spacial score (nSPS) is 9.85. The van der Waals surface area contributed by atoms with E-state index in [1.54, 1.807) is 0 Å². The van der Waals surface area contributed by atoms with Crippen LogP contribution in [-0.2, 0) is 0 Å². The molecule has 0 aliphatic rings. The van der Waals surface area contributed by atoms with Gasteiger partial charge in [-0.15, -0.1) is 0 Å². The molecular formula is C8H5BrClFO2. The highest BCUT2D eigenvalue weighted by atomic mass is 79.9. The van der Waals surface area contributed by atoms with Crippen molar-refractivity contribution in [2.45, 2.75) is 0 Å². The fourth-order valence-corrected chi connectivity index (χ4v) is 1.46. The average Bonchev–Trinajstić information content (AvgIpc) is 2.03. The summed E-state index contributed by atoms with van der Waals surface area (Å²) in [5, 5.41) is -0.844. The van der Waals surface area contributed by atoms with E-state index in [1.807, 2.05) is 0 Å². The lowest BCUT2D eigenvalue weighted by molar-refractivity contribution is 0.107. The van der Waals surface area contributed by atoms with Crippen molar-refractivity contribution in [1.29, 1.82) is 0 Å². The van der Waals surface area contributed by atoms with E-state index >= 15 is 0 Å². The van der Waals surface area contributed by atoms with Crippen molar-refractivity contribution in [3.05, 3.63) is 28.0 Å². The maximum absolute atomic E-state index is 13.0. The zero-order valence-corrected chi connectivity index (χ0v) is 8.95. The Morgan fingerprint density at radius 1 is 1.62 bits per heavy atom. The Hall–Kier alpha value is -0.610. The molecule has 1 aromatic carbocycles. The first kappa shape index (κ1) is 10.5. The topological polar surface area (TPSA) is 26.3 Å². The molecule has 0 saturated carbocycles.